The highest BCUT2D eigenvalue weighted by atomic mass is 79.9. The van der Waals surface area contributed by atoms with Crippen LogP contribution >= 0.6 is 27.3 Å². The summed E-state index contributed by atoms with van der Waals surface area (Å²) in [5.74, 6) is -0.0303. The Morgan fingerprint density at radius 2 is 1.55 bits per heavy atom. The van der Waals surface area contributed by atoms with Crippen molar-refractivity contribution in [2.45, 2.75) is 5.92 Å². The summed E-state index contributed by atoms with van der Waals surface area (Å²) in [6, 6.07) is 22.6. The van der Waals surface area contributed by atoms with Crippen LogP contribution < -0.4 is 10.1 Å². The minimum absolute atomic E-state index is 0.243. The lowest BCUT2D eigenvalue weighted by atomic mass is 9.87. The van der Waals surface area contributed by atoms with E-state index in [1.54, 1.807) is 0 Å². The Morgan fingerprint density at radius 1 is 0.939 bits per heavy atom. The van der Waals surface area contributed by atoms with Crippen molar-refractivity contribution in [3.05, 3.63) is 99.3 Å². The van der Waals surface area contributed by atoms with Crippen LogP contribution in [0.5, 0.6) is 11.5 Å². The molecule has 0 spiro atoms. The second-order valence-corrected chi connectivity index (χ2v) is 9.25. The zero-order chi connectivity index (χ0) is 22.9. The van der Waals surface area contributed by atoms with Crippen molar-refractivity contribution in [3.63, 3.8) is 0 Å². The van der Waals surface area contributed by atoms with E-state index in [2.05, 4.69) is 21.2 Å². The van der Waals surface area contributed by atoms with Crippen molar-refractivity contribution < 1.29 is 19.1 Å². The van der Waals surface area contributed by atoms with E-state index in [0.29, 0.717) is 27.6 Å². The molecule has 0 bridgehead atoms. The summed E-state index contributed by atoms with van der Waals surface area (Å²) < 4.78 is 12.0. The van der Waals surface area contributed by atoms with E-state index in [1.165, 1.54) is 18.4 Å². The average Bonchev–Trinajstić information content (AvgIpc) is 3.25. The monoisotopic (exact) mass is 519 g/mol. The molecule has 0 unspecified atom stereocenters. The minimum Gasteiger partial charge on any atom is -0.465 e. The molecule has 1 aliphatic rings. The van der Waals surface area contributed by atoms with Gasteiger partial charge in [-0.1, -0.05) is 64.5 Å². The highest BCUT2D eigenvalue weighted by molar-refractivity contribution is 9.10. The van der Waals surface area contributed by atoms with Gasteiger partial charge in [0.25, 0.3) is 0 Å². The number of carbonyl (C=O) groups excluding carboxylic acids is 2. The molecule has 0 saturated heterocycles. The Morgan fingerprint density at radius 3 is 2.15 bits per heavy atom. The summed E-state index contributed by atoms with van der Waals surface area (Å²) >= 11 is 4.73. The predicted octanol–water partition coefficient (Wildman–Crippen LogP) is 6.84. The molecular formula is C26H18BrNO4S. The second-order valence-electron chi connectivity index (χ2n) is 7.45. The van der Waals surface area contributed by atoms with Crippen LogP contribution in [0.25, 0.3) is 11.1 Å². The van der Waals surface area contributed by atoms with Crippen molar-refractivity contribution in [3.8, 4) is 22.6 Å². The van der Waals surface area contributed by atoms with E-state index >= 15 is 0 Å². The van der Waals surface area contributed by atoms with Gasteiger partial charge in [-0.2, -0.15) is 0 Å². The zero-order valence-corrected chi connectivity index (χ0v) is 19.9. The summed E-state index contributed by atoms with van der Waals surface area (Å²) in [5.41, 5.74) is 3.46. The van der Waals surface area contributed by atoms with E-state index in [1.807, 2.05) is 78.2 Å². The van der Waals surface area contributed by atoms with Gasteiger partial charge in [-0.3, -0.25) is 4.79 Å². The van der Waals surface area contributed by atoms with Gasteiger partial charge in [0.05, 0.1) is 13.0 Å². The predicted molar refractivity (Wildman–Crippen MR) is 132 cm³/mol. The van der Waals surface area contributed by atoms with Crippen LogP contribution in [0.15, 0.2) is 82.6 Å². The number of methoxy groups -OCH3 is 1. The molecule has 1 amide bonds. The molecule has 4 aromatic rings. The fraction of sp³-hybridized carbons (Fsp3) is 0.0769. The number of para-hydroxylation sites is 2. The van der Waals surface area contributed by atoms with Gasteiger partial charge in [-0.25, -0.2) is 4.79 Å². The van der Waals surface area contributed by atoms with Crippen LogP contribution in [0, 0.1) is 0 Å². The number of hydrogen-bond acceptors (Lipinski definition) is 5. The lowest BCUT2D eigenvalue weighted by Gasteiger charge is -2.27. The Kier molecular flexibility index (Phi) is 5.74. The SMILES string of the molecule is COC(=O)c1c(-c2ccc(Br)cc2)csc1NC(=O)C1c2ccccc2Oc2ccccc21. The van der Waals surface area contributed by atoms with Crippen molar-refractivity contribution >= 4 is 44.1 Å². The topological polar surface area (TPSA) is 64.6 Å². The summed E-state index contributed by atoms with van der Waals surface area (Å²) in [5, 5.41) is 5.30. The number of anilines is 1. The lowest BCUT2D eigenvalue weighted by Crippen LogP contribution is -2.25. The molecule has 0 saturated carbocycles. The van der Waals surface area contributed by atoms with E-state index in [0.717, 1.165) is 21.2 Å². The van der Waals surface area contributed by atoms with Gasteiger partial charge in [-0.15, -0.1) is 11.3 Å². The second kappa shape index (κ2) is 8.84. The molecule has 1 aromatic heterocycles. The summed E-state index contributed by atoms with van der Waals surface area (Å²) in [6.07, 6.45) is 0. The number of rotatable bonds is 4. The van der Waals surface area contributed by atoms with Gasteiger partial charge < -0.3 is 14.8 Å². The van der Waals surface area contributed by atoms with Crippen LogP contribution in [0.4, 0.5) is 5.00 Å². The minimum atomic E-state index is -0.574. The van der Waals surface area contributed by atoms with Gasteiger partial charge in [0.1, 0.15) is 22.1 Å². The molecule has 7 heteroatoms. The number of ether oxygens (including phenoxy) is 2. The number of amides is 1. The summed E-state index contributed by atoms with van der Waals surface area (Å²) in [6.45, 7) is 0. The fourth-order valence-corrected chi connectivity index (χ4v) is 5.20. The van der Waals surface area contributed by atoms with Gasteiger partial charge in [0.15, 0.2) is 0 Å². The number of halogens is 1. The van der Waals surface area contributed by atoms with E-state index in [-0.39, 0.29) is 5.91 Å². The van der Waals surface area contributed by atoms with Gasteiger partial charge >= 0.3 is 5.97 Å². The van der Waals surface area contributed by atoms with Crippen molar-refractivity contribution in [2.75, 3.05) is 12.4 Å². The molecule has 164 valence electrons. The van der Waals surface area contributed by atoms with Crippen LogP contribution in [0.2, 0.25) is 0 Å². The molecule has 3 aromatic carbocycles. The van der Waals surface area contributed by atoms with Gasteiger partial charge in [0, 0.05) is 26.5 Å². The van der Waals surface area contributed by atoms with E-state index in [4.69, 9.17) is 9.47 Å². The molecule has 0 aliphatic carbocycles. The number of carbonyl (C=O) groups is 2. The van der Waals surface area contributed by atoms with Gasteiger partial charge in [-0.05, 0) is 29.8 Å². The summed E-state index contributed by atoms with van der Waals surface area (Å²) in [4.78, 5) is 26.3. The molecule has 0 fully saturated rings. The lowest BCUT2D eigenvalue weighted by molar-refractivity contribution is -0.116. The Labute approximate surface area is 203 Å². The highest BCUT2D eigenvalue weighted by Gasteiger charge is 2.33. The van der Waals surface area contributed by atoms with Crippen LogP contribution in [0.1, 0.15) is 27.4 Å². The van der Waals surface area contributed by atoms with Crippen molar-refractivity contribution in [1.82, 2.24) is 0 Å². The first-order valence-electron chi connectivity index (χ1n) is 10.2. The molecule has 5 nitrogen and oxygen atoms in total. The zero-order valence-electron chi connectivity index (χ0n) is 17.5. The molecule has 1 N–H and O–H groups in total. The first-order chi connectivity index (χ1) is 16.1. The average molecular weight is 520 g/mol. The third kappa shape index (κ3) is 3.94. The quantitative estimate of drug-likeness (QED) is 0.299. The Hall–Kier alpha value is -3.42. The Balaban J connectivity index is 1.55. The molecule has 0 atom stereocenters. The number of nitrogens with one attached hydrogen (secondary N) is 1. The largest absolute Gasteiger partial charge is 0.465 e. The number of thiophene rings is 1. The summed E-state index contributed by atoms with van der Waals surface area (Å²) in [7, 11) is 1.34. The van der Waals surface area contributed by atoms with Crippen molar-refractivity contribution in [1.29, 1.82) is 0 Å². The Bertz CT molecular complexity index is 1320. The molecule has 5 rings (SSSR count). The van der Waals surface area contributed by atoms with E-state index < -0.39 is 11.9 Å². The first kappa shape index (κ1) is 21.4. The molecule has 0 radical (unpaired) electrons. The number of benzene rings is 3. The highest BCUT2D eigenvalue weighted by Crippen LogP contribution is 2.45. The maximum Gasteiger partial charge on any atom is 0.341 e. The normalized spacial score (nSPS) is 12.3. The van der Waals surface area contributed by atoms with Crippen LogP contribution in [-0.4, -0.2) is 19.0 Å². The van der Waals surface area contributed by atoms with E-state index in [9.17, 15) is 9.59 Å². The molecular weight excluding hydrogens is 502 g/mol. The molecule has 33 heavy (non-hydrogen) atoms. The maximum atomic E-state index is 13.6. The number of fused-ring (bicyclic) bond motifs is 2. The smallest absolute Gasteiger partial charge is 0.341 e. The fourth-order valence-electron chi connectivity index (χ4n) is 3.97. The van der Waals surface area contributed by atoms with Crippen molar-refractivity contribution in [2.24, 2.45) is 0 Å². The maximum absolute atomic E-state index is 13.6. The first-order valence-corrected chi connectivity index (χ1v) is 11.9. The molecule has 1 aliphatic heterocycles. The number of hydrogen-bond donors (Lipinski definition) is 1. The third-order valence-corrected chi connectivity index (χ3v) is 6.94. The third-order valence-electron chi connectivity index (χ3n) is 5.51. The number of esters is 1. The van der Waals surface area contributed by atoms with Crippen LogP contribution in [-0.2, 0) is 9.53 Å². The van der Waals surface area contributed by atoms with Crippen LogP contribution in [0.3, 0.4) is 0 Å². The van der Waals surface area contributed by atoms with Gasteiger partial charge in [0.2, 0.25) is 5.91 Å². The standard InChI is InChI=1S/C26H18BrNO4S/c1-31-26(30)23-19(15-10-12-16(27)13-11-15)14-33-25(23)28-24(29)22-17-6-2-4-8-20(17)32-21-9-5-3-7-18(21)22/h2-14,22H,1H3,(H,28,29). The molecule has 2 heterocycles.